The zero-order valence-corrected chi connectivity index (χ0v) is 9.47. The Morgan fingerprint density at radius 2 is 1.88 bits per heavy atom. The van der Waals surface area contributed by atoms with Crippen LogP contribution in [-0.2, 0) is 24.7 Å². The monoisotopic (exact) mass is 233 g/mol. The molecular weight excluding hydrogens is 222 g/mol. The lowest BCUT2D eigenvalue weighted by Crippen LogP contribution is -2.39. The average molecular weight is 233 g/mol. The fraction of sp³-hybridized carbons (Fsp3) is 0.250. The van der Waals surface area contributed by atoms with Crippen molar-refractivity contribution < 1.29 is 19.1 Å². The molecule has 0 bridgehead atoms. The third-order valence-electron chi connectivity index (χ3n) is 2.11. The van der Waals surface area contributed by atoms with Gasteiger partial charge in [0.05, 0.1) is 7.11 Å². The van der Waals surface area contributed by atoms with Gasteiger partial charge in [-0.25, -0.2) is 4.79 Å². The molecule has 0 aliphatic heterocycles. The van der Waals surface area contributed by atoms with Crippen LogP contribution >= 0.6 is 0 Å². The van der Waals surface area contributed by atoms with Crippen molar-refractivity contribution in [2.75, 3.05) is 7.11 Å². The predicted molar refractivity (Wildman–Crippen MR) is 57.5 cm³/mol. The summed E-state index contributed by atoms with van der Waals surface area (Å²) in [5.41, 5.74) is -1.79. The zero-order chi connectivity index (χ0) is 12.9. The molecule has 0 aliphatic rings. The summed E-state index contributed by atoms with van der Waals surface area (Å²) in [5, 5.41) is 9.15. The normalized spacial score (nSPS) is 13.0. The molecule has 0 aliphatic carbocycles. The maximum atomic E-state index is 11.7. The van der Waals surface area contributed by atoms with Gasteiger partial charge in [-0.1, -0.05) is 30.3 Å². The maximum absolute atomic E-state index is 11.7. The van der Waals surface area contributed by atoms with Crippen LogP contribution in [0.4, 0.5) is 0 Å². The van der Waals surface area contributed by atoms with E-state index in [1.807, 2.05) is 0 Å². The Balaban J connectivity index is 3.32. The summed E-state index contributed by atoms with van der Waals surface area (Å²) in [5.74, 6) is -1.66. The number of hydrogen-bond acceptors (Lipinski definition) is 5. The average Bonchev–Trinajstić information content (AvgIpc) is 2.35. The van der Waals surface area contributed by atoms with Gasteiger partial charge in [0.1, 0.15) is 6.07 Å². The van der Waals surface area contributed by atoms with Crippen molar-refractivity contribution in [2.45, 2.75) is 12.5 Å². The van der Waals surface area contributed by atoms with Crippen molar-refractivity contribution in [1.29, 1.82) is 5.26 Å². The van der Waals surface area contributed by atoms with Crippen LogP contribution in [0.1, 0.15) is 12.5 Å². The van der Waals surface area contributed by atoms with E-state index in [9.17, 15) is 9.59 Å². The van der Waals surface area contributed by atoms with Crippen molar-refractivity contribution in [3.8, 4) is 6.07 Å². The highest BCUT2D eigenvalue weighted by Crippen LogP contribution is 2.26. The smallest absolute Gasteiger partial charge is 0.370 e. The van der Waals surface area contributed by atoms with Crippen molar-refractivity contribution >= 4 is 11.9 Å². The molecule has 5 heteroatoms. The number of benzene rings is 1. The first kappa shape index (κ1) is 12.7. The molecule has 1 aromatic rings. The summed E-state index contributed by atoms with van der Waals surface area (Å²) in [6.45, 7) is 1.12. The fourth-order valence-electron chi connectivity index (χ4n) is 1.38. The van der Waals surface area contributed by atoms with Gasteiger partial charge in [-0.15, -0.1) is 0 Å². The minimum absolute atomic E-state index is 0.254. The molecule has 0 radical (unpaired) electrons. The summed E-state index contributed by atoms with van der Waals surface area (Å²) in [7, 11) is 1.13. The number of carbonyl (C=O) groups excluding carboxylic acids is 2. The Hall–Kier alpha value is -2.35. The van der Waals surface area contributed by atoms with Crippen molar-refractivity contribution in [1.82, 2.24) is 0 Å². The molecule has 88 valence electrons. The summed E-state index contributed by atoms with van der Waals surface area (Å²) in [6, 6.07) is 9.71. The Bertz CT molecular complexity index is 463. The second-order valence-corrected chi connectivity index (χ2v) is 3.24. The van der Waals surface area contributed by atoms with Crippen LogP contribution < -0.4 is 0 Å². The van der Waals surface area contributed by atoms with E-state index in [4.69, 9.17) is 10.00 Å². The highest BCUT2D eigenvalue weighted by Gasteiger charge is 2.45. The van der Waals surface area contributed by atoms with Crippen molar-refractivity contribution in [2.24, 2.45) is 0 Å². The van der Waals surface area contributed by atoms with Crippen LogP contribution in [0.15, 0.2) is 30.3 Å². The molecular formula is C12H11NO4. The van der Waals surface area contributed by atoms with Gasteiger partial charge in [-0.3, -0.25) is 4.79 Å². The molecule has 0 amide bonds. The lowest BCUT2D eigenvalue weighted by molar-refractivity contribution is -0.173. The molecule has 0 saturated carbocycles. The van der Waals surface area contributed by atoms with E-state index >= 15 is 0 Å². The highest BCUT2D eigenvalue weighted by atomic mass is 16.6. The number of rotatable bonds is 3. The molecule has 0 aromatic heterocycles. The molecule has 1 aromatic carbocycles. The second kappa shape index (κ2) is 5.12. The number of carbonyl (C=O) groups is 2. The number of nitrogens with zero attached hydrogens (tertiary/aromatic N) is 1. The third kappa shape index (κ3) is 2.42. The van der Waals surface area contributed by atoms with Gasteiger partial charge in [0.15, 0.2) is 0 Å². The summed E-state index contributed by atoms with van der Waals surface area (Å²) >= 11 is 0. The Morgan fingerprint density at radius 3 is 2.29 bits per heavy atom. The van der Waals surface area contributed by atoms with Crippen LogP contribution in [0.25, 0.3) is 0 Å². The summed E-state index contributed by atoms with van der Waals surface area (Å²) in [4.78, 5) is 22.7. The van der Waals surface area contributed by atoms with E-state index in [1.165, 1.54) is 12.1 Å². The first-order valence-electron chi connectivity index (χ1n) is 4.81. The van der Waals surface area contributed by atoms with Gasteiger partial charge in [0.25, 0.3) is 0 Å². The minimum atomic E-state index is -2.04. The highest BCUT2D eigenvalue weighted by molar-refractivity contribution is 5.87. The minimum Gasteiger partial charge on any atom is -0.465 e. The molecule has 5 nitrogen and oxygen atoms in total. The van der Waals surface area contributed by atoms with Gasteiger partial charge >= 0.3 is 17.5 Å². The maximum Gasteiger partial charge on any atom is 0.370 e. The first-order valence-corrected chi connectivity index (χ1v) is 4.81. The topological polar surface area (TPSA) is 76.4 Å². The van der Waals surface area contributed by atoms with Gasteiger partial charge in [0, 0.05) is 12.5 Å². The quantitative estimate of drug-likeness (QED) is 0.732. The molecule has 0 heterocycles. The summed E-state index contributed by atoms with van der Waals surface area (Å²) < 4.78 is 9.37. The molecule has 0 spiro atoms. The first-order chi connectivity index (χ1) is 8.06. The predicted octanol–water partition coefficient (Wildman–Crippen LogP) is 1.14. The van der Waals surface area contributed by atoms with E-state index in [2.05, 4.69) is 4.74 Å². The Labute approximate surface area is 98.6 Å². The van der Waals surface area contributed by atoms with Crippen LogP contribution in [0.5, 0.6) is 0 Å². The Kier molecular flexibility index (Phi) is 3.83. The van der Waals surface area contributed by atoms with Crippen LogP contribution in [0.3, 0.4) is 0 Å². The molecule has 1 rings (SSSR count). The number of ether oxygens (including phenoxy) is 2. The number of methoxy groups -OCH3 is 1. The van der Waals surface area contributed by atoms with Crippen molar-refractivity contribution in [3.05, 3.63) is 35.9 Å². The van der Waals surface area contributed by atoms with Gasteiger partial charge in [-0.2, -0.15) is 5.26 Å². The lowest BCUT2D eigenvalue weighted by atomic mass is 9.95. The zero-order valence-electron chi connectivity index (χ0n) is 9.47. The lowest BCUT2D eigenvalue weighted by Gasteiger charge is -2.23. The molecule has 1 atom stereocenters. The van der Waals surface area contributed by atoms with E-state index in [0.717, 1.165) is 14.0 Å². The Morgan fingerprint density at radius 1 is 1.29 bits per heavy atom. The van der Waals surface area contributed by atoms with E-state index in [-0.39, 0.29) is 5.56 Å². The third-order valence-corrected chi connectivity index (χ3v) is 2.11. The largest absolute Gasteiger partial charge is 0.465 e. The number of nitriles is 1. The van der Waals surface area contributed by atoms with Gasteiger partial charge in [0.2, 0.25) is 0 Å². The van der Waals surface area contributed by atoms with E-state index in [0.29, 0.717) is 0 Å². The fourth-order valence-corrected chi connectivity index (χ4v) is 1.38. The summed E-state index contributed by atoms with van der Waals surface area (Å²) in [6.07, 6.45) is 0. The van der Waals surface area contributed by atoms with Crippen LogP contribution in [0, 0.1) is 11.3 Å². The SMILES string of the molecule is COC(=O)[C@](C#N)(OC(C)=O)c1ccccc1. The van der Waals surface area contributed by atoms with E-state index < -0.39 is 17.5 Å². The standard InChI is InChI=1S/C12H11NO4/c1-9(14)17-12(8-13,11(15)16-2)10-6-4-3-5-7-10/h3-7H,1-2H3/t12-/m1/s1. The van der Waals surface area contributed by atoms with Crippen LogP contribution in [0.2, 0.25) is 0 Å². The molecule has 0 N–H and O–H groups in total. The molecule has 0 fully saturated rings. The van der Waals surface area contributed by atoms with Crippen LogP contribution in [-0.4, -0.2) is 19.0 Å². The van der Waals surface area contributed by atoms with Gasteiger partial charge < -0.3 is 9.47 Å². The van der Waals surface area contributed by atoms with Gasteiger partial charge in [-0.05, 0) is 0 Å². The number of esters is 2. The second-order valence-electron chi connectivity index (χ2n) is 3.24. The molecule has 17 heavy (non-hydrogen) atoms. The van der Waals surface area contributed by atoms with Crippen molar-refractivity contribution in [3.63, 3.8) is 0 Å². The molecule has 0 unspecified atom stereocenters. The number of hydrogen-bond donors (Lipinski definition) is 0. The van der Waals surface area contributed by atoms with E-state index in [1.54, 1.807) is 24.3 Å². The molecule has 0 saturated heterocycles.